The number of ether oxygens (including phenoxy) is 2. The van der Waals surface area contributed by atoms with Gasteiger partial charge in [0.15, 0.2) is 0 Å². The van der Waals surface area contributed by atoms with Crippen molar-refractivity contribution in [2.75, 3.05) is 18.5 Å². The molecule has 162 valence electrons. The fraction of sp³-hybridized carbons (Fsp3) is 0.208. The van der Waals surface area contributed by atoms with E-state index < -0.39 is 17.6 Å². The van der Waals surface area contributed by atoms with Crippen LogP contribution in [0.3, 0.4) is 0 Å². The second kappa shape index (κ2) is 10.0. The molecule has 0 saturated carbocycles. The number of carbonyl (C=O) groups excluding carboxylic acids is 1. The van der Waals surface area contributed by atoms with E-state index in [2.05, 4.69) is 5.32 Å². The van der Waals surface area contributed by atoms with E-state index >= 15 is 0 Å². The maximum atomic E-state index is 12.8. The second-order valence-corrected chi connectivity index (χ2v) is 6.92. The summed E-state index contributed by atoms with van der Waals surface area (Å²) in [5.74, 6) is 0.903. The van der Waals surface area contributed by atoms with Crippen molar-refractivity contribution in [3.8, 4) is 11.5 Å². The lowest BCUT2D eigenvalue weighted by Gasteiger charge is -2.11. The van der Waals surface area contributed by atoms with Gasteiger partial charge in [0.2, 0.25) is 0 Å². The fourth-order valence-corrected chi connectivity index (χ4v) is 2.82. The Morgan fingerprint density at radius 2 is 1.55 bits per heavy atom. The van der Waals surface area contributed by atoms with Gasteiger partial charge in [-0.05, 0) is 67.1 Å². The number of carbonyl (C=O) groups is 1. The van der Waals surface area contributed by atoms with Crippen molar-refractivity contribution in [1.82, 2.24) is 0 Å². The molecule has 3 aromatic carbocycles. The molecule has 31 heavy (non-hydrogen) atoms. The fourth-order valence-electron chi connectivity index (χ4n) is 2.82. The highest BCUT2D eigenvalue weighted by atomic mass is 19.4. The maximum absolute atomic E-state index is 12.8. The van der Waals surface area contributed by atoms with Crippen LogP contribution in [0.1, 0.15) is 27.9 Å². The first-order valence-corrected chi connectivity index (χ1v) is 9.72. The van der Waals surface area contributed by atoms with Gasteiger partial charge >= 0.3 is 6.18 Å². The zero-order valence-electron chi connectivity index (χ0n) is 16.9. The van der Waals surface area contributed by atoms with E-state index in [4.69, 9.17) is 9.47 Å². The minimum Gasteiger partial charge on any atom is -0.493 e. The lowest BCUT2D eigenvalue weighted by atomic mass is 10.1. The third-order valence-electron chi connectivity index (χ3n) is 4.38. The molecular weight excluding hydrogens is 407 g/mol. The van der Waals surface area contributed by atoms with Crippen LogP contribution in [0, 0.1) is 6.92 Å². The van der Waals surface area contributed by atoms with E-state index in [9.17, 15) is 18.0 Å². The van der Waals surface area contributed by atoms with Crippen molar-refractivity contribution in [2.24, 2.45) is 0 Å². The number of halogens is 3. The summed E-state index contributed by atoms with van der Waals surface area (Å²) in [7, 11) is 0. The van der Waals surface area contributed by atoms with Crippen molar-refractivity contribution >= 4 is 11.6 Å². The van der Waals surface area contributed by atoms with Gasteiger partial charge in [-0.3, -0.25) is 4.79 Å². The molecule has 4 nitrogen and oxygen atoms in total. The topological polar surface area (TPSA) is 47.6 Å². The highest BCUT2D eigenvalue weighted by Gasteiger charge is 2.30. The molecule has 0 saturated heterocycles. The van der Waals surface area contributed by atoms with Crippen LogP contribution in [0.5, 0.6) is 11.5 Å². The van der Waals surface area contributed by atoms with Crippen LogP contribution in [0.25, 0.3) is 0 Å². The Bertz CT molecular complexity index is 1020. The minimum absolute atomic E-state index is 0.0776. The number of amides is 1. The van der Waals surface area contributed by atoms with E-state index in [0.29, 0.717) is 30.9 Å². The standard InChI is InChI=1S/C24H22F3NO3/c1-17-5-2-8-22(15-17)31-14-4-13-30-21-11-9-18(10-12-21)23(29)28-20-7-3-6-19(16-20)24(25,26)27/h2-3,5-12,15-16H,4,13-14H2,1H3,(H,28,29). The molecule has 0 aromatic heterocycles. The van der Waals surface area contributed by atoms with Crippen LogP contribution in [-0.4, -0.2) is 19.1 Å². The Kier molecular flexibility index (Phi) is 7.18. The van der Waals surface area contributed by atoms with E-state index in [1.165, 1.54) is 12.1 Å². The molecule has 0 spiro atoms. The normalized spacial score (nSPS) is 11.1. The van der Waals surface area contributed by atoms with Gasteiger partial charge < -0.3 is 14.8 Å². The van der Waals surface area contributed by atoms with Gasteiger partial charge in [-0.1, -0.05) is 18.2 Å². The second-order valence-electron chi connectivity index (χ2n) is 6.92. The molecule has 0 aliphatic heterocycles. The number of hydrogen-bond acceptors (Lipinski definition) is 3. The summed E-state index contributed by atoms with van der Waals surface area (Å²) >= 11 is 0. The minimum atomic E-state index is -4.47. The predicted octanol–water partition coefficient (Wildman–Crippen LogP) is 6.11. The molecule has 7 heteroatoms. The van der Waals surface area contributed by atoms with Gasteiger partial charge in [-0.2, -0.15) is 13.2 Å². The van der Waals surface area contributed by atoms with Gasteiger partial charge in [0.1, 0.15) is 11.5 Å². The summed E-state index contributed by atoms with van der Waals surface area (Å²) in [4.78, 5) is 12.3. The smallest absolute Gasteiger partial charge is 0.416 e. The molecule has 0 aliphatic rings. The van der Waals surface area contributed by atoms with Crippen molar-refractivity contribution < 1.29 is 27.4 Å². The molecule has 0 fully saturated rings. The van der Waals surface area contributed by atoms with Gasteiger partial charge in [0.05, 0.1) is 18.8 Å². The zero-order valence-corrected chi connectivity index (χ0v) is 16.9. The average Bonchev–Trinajstić information content (AvgIpc) is 2.73. The van der Waals surface area contributed by atoms with Crippen molar-refractivity contribution in [1.29, 1.82) is 0 Å². The maximum Gasteiger partial charge on any atom is 0.416 e. The summed E-state index contributed by atoms with van der Waals surface area (Å²) < 4.78 is 49.7. The molecule has 1 amide bonds. The molecular formula is C24H22F3NO3. The van der Waals surface area contributed by atoms with Crippen LogP contribution in [-0.2, 0) is 6.18 Å². The zero-order chi connectivity index (χ0) is 22.3. The lowest BCUT2D eigenvalue weighted by molar-refractivity contribution is -0.137. The number of anilines is 1. The van der Waals surface area contributed by atoms with E-state index in [-0.39, 0.29) is 5.69 Å². The first-order chi connectivity index (χ1) is 14.8. The lowest BCUT2D eigenvalue weighted by Crippen LogP contribution is -2.13. The third kappa shape index (κ3) is 6.77. The Morgan fingerprint density at radius 1 is 0.871 bits per heavy atom. The Morgan fingerprint density at radius 3 is 2.23 bits per heavy atom. The summed E-state index contributed by atoms with van der Waals surface area (Å²) in [6, 6.07) is 18.7. The molecule has 0 heterocycles. The van der Waals surface area contributed by atoms with Crippen LogP contribution in [0.4, 0.5) is 18.9 Å². The highest BCUT2D eigenvalue weighted by Crippen LogP contribution is 2.30. The number of nitrogens with one attached hydrogen (secondary N) is 1. The van der Waals surface area contributed by atoms with E-state index in [1.807, 2.05) is 31.2 Å². The molecule has 0 radical (unpaired) electrons. The summed E-state index contributed by atoms with van der Waals surface area (Å²) in [5, 5.41) is 2.47. The third-order valence-corrected chi connectivity index (χ3v) is 4.38. The molecule has 1 N–H and O–H groups in total. The number of hydrogen-bond donors (Lipinski definition) is 1. The summed E-state index contributed by atoms with van der Waals surface area (Å²) in [6.45, 7) is 2.96. The first kappa shape index (κ1) is 22.2. The first-order valence-electron chi connectivity index (χ1n) is 9.72. The van der Waals surface area contributed by atoms with Crippen molar-refractivity contribution in [3.05, 3.63) is 89.5 Å². The molecule has 0 unspecified atom stereocenters. The Hall–Kier alpha value is -3.48. The number of alkyl halides is 3. The van der Waals surface area contributed by atoms with Gasteiger partial charge in [0, 0.05) is 17.7 Å². The molecule has 3 rings (SSSR count). The van der Waals surface area contributed by atoms with Crippen LogP contribution < -0.4 is 14.8 Å². The van der Waals surface area contributed by atoms with Gasteiger partial charge in [0.25, 0.3) is 5.91 Å². The molecule has 0 atom stereocenters. The summed E-state index contributed by atoms with van der Waals surface area (Å²) in [5.41, 5.74) is 0.702. The van der Waals surface area contributed by atoms with Crippen LogP contribution in [0.2, 0.25) is 0 Å². The van der Waals surface area contributed by atoms with Gasteiger partial charge in [-0.15, -0.1) is 0 Å². The largest absolute Gasteiger partial charge is 0.493 e. The Labute approximate surface area is 178 Å². The average molecular weight is 429 g/mol. The predicted molar refractivity (Wildman–Crippen MR) is 113 cm³/mol. The van der Waals surface area contributed by atoms with Crippen LogP contribution >= 0.6 is 0 Å². The monoisotopic (exact) mass is 429 g/mol. The molecule has 0 bridgehead atoms. The van der Waals surface area contributed by atoms with Crippen molar-refractivity contribution in [2.45, 2.75) is 19.5 Å². The highest BCUT2D eigenvalue weighted by molar-refractivity contribution is 6.04. The number of rotatable bonds is 8. The number of aryl methyl sites for hydroxylation is 1. The molecule has 0 aliphatic carbocycles. The van der Waals surface area contributed by atoms with E-state index in [0.717, 1.165) is 23.4 Å². The van der Waals surface area contributed by atoms with Crippen LogP contribution in [0.15, 0.2) is 72.8 Å². The van der Waals surface area contributed by atoms with Crippen molar-refractivity contribution in [3.63, 3.8) is 0 Å². The quantitative estimate of drug-likeness (QED) is 0.439. The SMILES string of the molecule is Cc1cccc(OCCCOc2ccc(C(=O)Nc3cccc(C(F)(F)F)c3)cc2)c1. The summed E-state index contributed by atoms with van der Waals surface area (Å²) in [6.07, 6.45) is -3.78. The molecule has 3 aromatic rings. The number of benzene rings is 3. The Balaban J connectivity index is 1.45. The van der Waals surface area contributed by atoms with Gasteiger partial charge in [-0.25, -0.2) is 0 Å². The van der Waals surface area contributed by atoms with E-state index in [1.54, 1.807) is 24.3 Å².